The van der Waals surface area contributed by atoms with Gasteiger partial charge in [-0.05, 0) is 26.0 Å². The van der Waals surface area contributed by atoms with Gasteiger partial charge in [-0.15, -0.1) is 6.58 Å². The molecule has 1 aromatic carbocycles. The van der Waals surface area contributed by atoms with E-state index in [0.29, 0.717) is 6.61 Å². The summed E-state index contributed by atoms with van der Waals surface area (Å²) in [5.74, 6) is 0.899. The predicted octanol–water partition coefficient (Wildman–Crippen LogP) is 4.78. The van der Waals surface area contributed by atoms with E-state index in [1.807, 2.05) is 45.0 Å². The molecule has 0 radical (unpaired) electrons. The number of aryl methyl sites for hydroxylation is 1. The molecule has 0 saturated heterocycles. The van der Waals surface area contributed by atoms with Gasteiger partial charge in [-0.1, -0.05) is 50.3 Å². The summed E-state index contributed by atoms with van der Waals surface area (Å²) in [6.45, 7) is 15.4. The smallest absolute Gasteiger partial charge is 0.119 e. The van der Waals surface area contributed by atoms with Gasteiger partial charge in [0.1, 0.15) is 12.4 Å². The molecule has 0 unspecified atom stereocenters. The molecular weight excluding hydrogens is 196 g/mol. The third kappa shape index (κ3) is 10.6. The molecule has 0 atom stereocenters. The molecule has 0 aliphatic rings. The number of ether oxygens (including phenoxy) is 1. The van der Waals surface area contributed by atoms with E-state index in [1.54, 1.807) is 12.2 Å². The van der Waals surface area contributed by atoms with Crippen LogP contribution in [0.1, 0.15) is 26.3 Å². The molecule has 1 nitrogen and oxygen atoms in total. The Hall–Kier alpha value is -1.50. The van der Waals surface area contributed by atoms with Gasteiger partial charge in [-0.3, -0.25) is 0 Å². The lowest BCUT2D eigenvalue weighted by molar-refractivity contribution is 0.363. The number of hydrogen-bond acceptors (Lipinski definition) is 1. The third-order valence-electron chi connectivity index (χ3n) is 1.39. The van der Waals surface area contributed by atoms with Crippen molar-refractivity contribution < 1.29 is 4.74 Å². The van der Waals surface area contributed by atoms with Crippen LogP contribution in [-0.4, -0.2) is 6.61 Å². The zero-order valence-electron chi connectivity index (χ0n) is 11.0. The van der Waals surface area contributed by atoms with Crippen molar-refractivity contribution in [3.8, 4) is 5.75 Å². The maximum absolute atomic E-state index is 5.29. The molecule has 0 saturated carbocycles. The molecule has 0 aliphatic carbocycles. The van der Waals surface area contributed by atoms with Crippen LogP contribution in [0, 0.1) is 6.92 Å². The van der Waals surface area contributed by atoms with E-state index < -0.39 is 0 Å². The minimum atomic E-state index is 0.572. The lowest BCUT2D eigenvalue weighted by atomic mass is 10.2. The topological polar surface area (TPSA) is 9.23 Å². The number of allylic oxidation sites excluding steroid dienone is 1. The number of rotatable bonds is 3. The van der Waals surface area contributed by atoms with Crippen LogP contribution < -0.4 is 4.74 Å². The summed E-state index contributed by atoms with van der Waals surface area (Å²) < 4.78 is 5.29. The molecule has 0 N–H and O–H groups in total. The van der Waals surface area contributed by atoms with Crippen LogP contribution >= 0.6 is 0 Å². The quantitative estimate of drug-likeness (QED) is 0.666. The Morgan fingerprint density at radius 2 is 1.56 bits per heavy atom. The Balaban J connectivity index is 0. The highest BCUT2D eigenvalue weighted by Gasteiger charge is 1.88. The van der Waals surface area contributed by atoms with E-state index in [-0.39, 0.29) is 0 Å². The molecule has 0 aromatic heterocycles. The maximum Gasteiger partial charge on any atom is 0.119 e. The Bertz CT molecular complexity index is 259. The Morgan fingerprint density at radius 3 is 1.94 bits per heavy atom. The van der Waals surface area contributed by atoms with Crippen molar-refractivity contribution >= 4 is 0 Å². The fourth-order valence-corrected chi connectivity index (χ4v) is 0.790. The average Bonchev–Trinajstić information content (AvgIpc) is 2.32. The molecule has 0 spiro atoms. The van der Waals surface area contributed by atoms with E-state index in [1.165, 1.54) is 5.56 Å². The molecule has 0 heterocycles. The molecular formula is C15H24O. The molecule has 0 bridgehead atoms. The second-order valence-corrected chi connectivity index (χ2v) is 2.82. The second-order valence-electron chi connectivity index (χ2n) is 2.82. The molecule has 0 fully saturated rings. The van der Waals surface area contributed by atoms with Crippen molar-refractivity contribution in [2.75, 3.05) is 6.61 Å². The first-order chi connectivity index (χ1) is 7.74. The Labute approximate surface area is 100 Å². The summed E-state index contributed by atoms with van der Waals surface area (Å²) in [5, 5.41) is 0. The number of benzene rings is 1. The maximum atomic E-state index is 5.29. The van der Waals surface area contributed by atoms with E-state index in [4.69, 9.17) is 4.74 Å². The van der Waals surface area contributed by atoms with Gasteiger partial charge in [-0.2, -0.15) is 0 Å². The van der Waals surface area contributed by atoms with Gasteiger partial charge < -0.3 is 4.74 Å². The van der Waals surface area contributed by atoms with Gasteiger partial charge in [-0.25, -0.2) is 0 Å². The van der Waals surface area contributed by atoms with Crippen molar-refractivity contribution in [3.05, 3.63) is 55.1 Å². The van der Waals surface area contributed by atoms with E-state index in [0.717, 1.165) is 5.75 Å². The zero-order valence-corrected chi connectivity index (χ0v) is 11.0. The van der Waals surface area contributed by atoms with Gasteiger partial charge in [0.2, 0.25) is 0 Å². The minimum Gasteiger partial charge on any atom is -0.490 e. The largest absolute Gasteiger partial charge is 0.490 e. The molecule has 1 aromatic rings. The highest BCUT2D eigenvalue weighted by atomic mass is 16.5. The van der Waals surface area contributed by atoms with Crippen molar-refractivity contribution in [2.24, 2.45) is 0 Å². The fraction of sp³-hybridized carbons (Fsp3) is 0.333. The Morgan fingerprint density at radius 1 is 1.12 bits per heavy atom. The van der Waals surface area contributed by atoms with Crippen LogP contribution in [0.3, 0.4) is 0 Å². The molecule has 1 heteroatoms. The normalized spacial score (nSPS) is 7.50. The second kappa shape index (κ2) is 13.5. The van der Waals surface area contributed by atoms with Gasteiger partial charge >= 0.3 is 0 Å². The minimum absolute atomic E-state index is 0.572. The third-order valence-corrected chi connectivity index (χ3v) is 1.39. The van der Waals surface area contributed by atoms with Gasteiger partial charge in [0.25, 0.3) is 0 Å². The summed E-state index contributed by atoms with van der Waals surface area (Å²) in [6, 6.07) is 7.97. The average molecular weight is 220 g/mol. The monoisotopic (exact) mass is 220 g/mol. The summed E-state index contributed by atoms with van der Waals surface area (Å²) >= 11 is 0. The first-order valence-electron chi connectivity index (χ1n) is 5.62. The van der Waals surface area contributed by atoms with Crippen molar-refractivity contribution in [1.29, 1.82) is 0 Å². The van der Waals surface area contributed by atoms with Crippen molar-refractivity contribution in [2.45, 2.75) is 27.7 Å². The first-order valence-corrected chi connectivity index (χ1v) is 5.62. The summed E-state index contributed by atoms with van der Waals surface area (Å²) in [4.78, 5) is 0. The van der Waals surface area contributed by atoms with E-state index in [9.17, 15) is 0 Å². The molecule has 0 amide bonds. The highest BCUT2D eigenvalue weighted by molar-refractivity contribution is 5.26. The number of hydrogen-bond donors (Lipinski definition) is 0. The van der Waals surface area contributed by atoms with E-state index >= 15 is 0 Å². The van der Waals surface area contributed by atoms with Gasteiger partial charge in [0, 0.05) is 0 Å². The van der Waals surface area contributed by atoms with Gasteiger partial charge in [0.05, 0.1) is 0 Å². The summed E-state index contributed by atoms with van der Waals surface area (Å²) in [6.07, 6.45) is 3.49. The molecule has 16 heavy (non-hydrogen) atoms. The standard InChI is InChI=1S/C10H12O.C3H6.C2H6/c1-3-8-11-10-6-4-9(2)5-7-10;1-3-2;1-2/h3-7H,1,8H2,2H3;3H,1H2,2H3;1-2H3. The van der Waals surface area contributed by atoms with Crippen LogP contribution in [-0.2, 0) is 0 Å². The molecule has 1 rings (SSSR count). The van der Waals surface area contributed by atoms with Crippen molar-refractivity contribution in [1.82, 2.24) is 0 Å². The summed E-state index contributed by atoms with van der Waals surface area (Å²) in [7, 11) is 0. The fourth-order valence-electron chi connectivity index (χ4n) is 0.790. The first kappa shape index (κ1) is 16.9. The van der Waals surface area contributed by atoms with Gasteiger partial charge in [0.15, 0.2) is 0 Å². The van der Waals surface area contributed by atoms with Crippen LogP contribution in [0.15, 0.2) is 49.6 Å². The van der Waals surface area contributed by atoms with Crippen molar-refractivity contribution in [3.63, 3.8) is 0 Å². The van der Waals surface area contributed by atoms with Crippen LogP contribution in [0.5, 0.6) is 5.75 Å². The van der Waals surface area contributed by atoms with E-state index in [2.05, 4.69) is 20.1 Å². The zero-order chi connectivity index (χ0) is 12.8. The van der Waals surface area contributed by atoms with Crippen LogP contribution in [0.2, 0.25) is 0 Å². The predicted molar refractivity (Wildman–Crippen MR) is 74.1 cm³/mol. The SMILES string of the molecule is C=CC.C=CCOc1ccc(C)cc1.CC. The lowest BCUT2D eigenvalue weighted by Gasteiger charge is -2.01. The Kier molecular flexibility index (Phi) is 14.3. The lowest BCUT2D eigenvalue weighted by Crippen LogP contribution is -1.91. The molecule has 0 aliphatic heterocycles. The van der Waals surface area contributed by atoms with Crippen LogP contribution in [0.25, 0.3) is 0 Å². The van der Waals surface area contributed by atoms with Crippen LogP contribution in [0.4, 0.5) is 0 Å². The highest BCUT2D eigenvalue weighted by Crippen LogP contribution is 2.10. The molecule has 90 valence electrons. The summed E-state index contributed by atoms with van der Waals surface area (Å²) in [5.41, 5.74) is 1.25.